The third-order valence-corrected chi connectivity index (χ3v) is 2.75. The Balaban J connectivity index is 2.21. The Morgan fingerprint density at radius 2 is 2.24 bits per heavy atom. The van der Waals surface area contributed by atoms with E-state index >= 15 is 0 Å². The molecule has 0 atom stereocenters. The van der Waals surface area contributed by atoms with Crippen LogP contribution in [0, 0.1) is 0 Å². The quantitative estimate of drug-likeness (QED) is 0.794. The number of rotatable bonds is 1. The molecule has 17 heavy (non-hydrogen) atoms. The monoisotopic (exact) mass is 229 g/mol. The number of hydrogen-bond acceptors (Lipinski definition) is 3. The fraction of sp³-hybridized carbons (Fsp3) is 0.167. The molecule has 1 amide bonds. The number of para-hydroxylation sites is 1. The van der Waals surface area contributed by atoms with Gasteiger partial charge in [-0.15, -0.1) is 0 Å². The van der Waals surface area contributed by atoms with Crippen molar-refractivity contribution in [3.63, 3.8) is 0 Å². The molecule has 0 spiro atoms. The molecule has 0 fully saturated rings. The number of carbonyl (C=O) groups is 1. The molecule has 0 bridgehead atoms. The lowest BCUT2D eigenvalue weighted by molar-refractivity contribution is 0.0996. The summed E-state index contributed by atoms with van der Waals surface area (Å²) in [7, 11) is 0. The Morgan fingerprint density at radius 3 is 3.06 bits per heavy atom. The molecule has 0 saturated carbocycles. The molecule has 1 aromatic carbocycles. The van der Waals surface area contributed by atoms with Gasteiger partial charge in [0, 0.05) is 6.20 Å². The Labute approximate surface area is 97.8 Å². The maximum atomic E-state index is 11.1. The predicted molar refractivity (Wildman–Crippen MR) is 61.7 cm³/mol. The number of nitrogens with two attached hydrogens (primary N) is 1. The van der Waals surface area contributed by atoms with Crippen LogP contribution in [0.25, 0.3) is 11.4 Å². The summed E-state index contributed by atoms with van der Waals surface area (Å²) in [4.78, 5) is 15.4. The van der Waals surface area contributed by atoms with Crippen LogP contribution in [0.1, 0.15) is 10.5 Å². The van der Waals surface area contributed by atoms with Crippen molar-refractivity contribution < 1.29 is 9.53 Å². The molecule has 5 heteroatoms. The molecule has 2 N–H and O–H groups in total. The van der Waals surface area contributed by atoms with Crippen LogP contribution in [0.15, 0.2) is 30.5 Å². The standard InChI is InChI=1S/C12H11N3O2/c13-11(16)9-7-15-5-6-17-10-4-2-1-3-8(10)12(15)14-9/h1-4,7H,5-6H2,(H2,13,16). The highest BCUT2D eigenvalue weighted by Gasteiger charge is 2.19. The number of amides is 1. The van der Waals surface area contributed by atoms with Crippen molar-refractivity contribution >= 4 is 5.91 Å². The van der Waals surface area contributed by atoms with Gasteiger partial charge in [0.25, 0.3) is 5.91 Å². The number of primary amides is 1. The van der Waals surface area contributed by atoms with Crippen LogP contribution in [0.5, 0.6) is 5.75 Å². The maximum Gasteiger partial charge on any atom is 0.268 e. The van der Waals surface area contributed by atoms with E-state index in [9.17, 15) is 4.79 Å². The molecule has 1 aliphatic rings. The van der Waals surface area contributed by atoms with Gasteiger partial charge in [-0.2, -0.15) is 0 Å². The minimum atomic E-state index is -0.510. The van der Waals surface area contributed by atoms with E-state index in [1.807, 2.05) is 28.8 Å². The summed E-state index contributed by atoms with van der Waals surface area (Å²) in [6.45, 7) is 1.21. The molecular weight excluding hydrogens is 218 g/mol. The van der Waals surface area contributed by atoms with Gasteiger partial charge in [0.05, 0.1) is 12.1 Å². The number of fused-ring (bicyclic) bond motifs is 3. The van der Waals surface area contributed by atoms with Crippen molar-refractivity contribution in [2.24, 2.45) is 5.73 Å². The van der Waals surface area contributed by atoms with Gasteiger partial charge < -0.3 is 15.0 Å². The SMILES string of the molecule is NC(=O)c1cn2c(n1)-c1ccccc1OCC2. The zero-order valence-electron chi connectivity index (χ0n) is 9.09. The summed E-state index contributed by atoms with van der Waals surface area (Å²) in [6.07, 6.45) is 1.67. The molecular formula is C12H11N3O2. The summed E-state index contributed by atoms with van der Waals surface area (Å²) in [5.74, 6) is 1.00. The Hall–Kier alpha value is -2.30. The minimum Gasteiger partial charge on any atom is -0.491 e. The topological polar surface area (TPSA) is 70.1 Å². The molecule has 0 saturated heterocycles. The second kappa shape index (κ2) is 3.62. The normalized spacial score (nSPS) is 13.2. The van der Waals surface area contributed by atoms with Crippen LogP contribution in [0.3, 0.4) is 0 Å². The van der Waals surface area contributed by atoms with E-state index in [1.165, 1.54) is 0 Å². The molecule has 0 radical (unpaired) electrons. The van der Waals surface area contributed by atoms with E-state index in [4.69, 9.17) is 10.5 Å². The molecule has 3 rings (SSSR count). The Bertz CT molecular complexity index is 589. The van der Waals surface area contributed by atoms with Gasteiger partial charge in [0.15, 0.2) is 0 Å². The summed E-state index contributed by atoms with van der Waals surface area (Å²) < 4.78 is 7.51. The van der Waals surface area contributed by atoms with Crippen LogP contribution in [-0.2, 0) is 6.54 Å². The van der Waals surface area contributed by atoms with Crippen molar-refractivity contribution in [2.75, 3.05) is 6.61 Å². The van der Waals surface area contributed by atoms with E-state index < -0.39 is 5.91 Å². The third kappa shape index (κ3) is 1.56. The number of aromatic nitrogens is 2. The highest BCUT2D eigenvalue weighted by molar-refractivity contribution is 5.91. The number of hydrogen-bond donors (Lipinski definition) is 1. The van der Waals surface area contributed by atoms with Gasteiger partial charge in [0.1, 0.15) is 23.9 Å². The highest BCUT2D eigenvalue weighted by Crippen LogP contribution is 2.31. The van der Waals surface area contributed by atoms with Gasteiger partial charge >= 0.3 is 0 Å². The van der Waals surface area contributed by atoms with Gasteiger partial charge in [-0.05, 0) is 12.1 Å². The molecule has 1 aromatic heterocycles. The smallest absolute Gasteiger partial charge is 0.268 e. The highest BCUT2D eigenvalue weighted by atomic mass is 16.5. The first-order chi connectivity index (χ1) is 8.25. The first-order valence-corrected chi connectivity index (χ1v) is 5.35. The molecule has 5 nitrogen and oxygen atoms in total. The number of ether oxygens (including phenoxy) is 1. The predicted octanol–water partition coefficient (Wildman–Crippen LogP) is 1.04. The minimum absolute atomic E-state index is 0.289. The average molecular weight is 229 g/mol. The summed E-state index contributed by atoms with van der Waals surface area (Å²) in [5.41, 5.74) is 6.41. The molecule has 0 aliphatic carbocycles. The summed E-state index contributed by atoms with van der Waals surface area (Å²) >= 11 is 0. The largest absolute Gasteiger partial charge is 0.491 e. The van der Waals surface area contributed by atoms with Crippen LogP contribution in [-0.4, -0.2) is 22.1 Å². The summed E-state index contributed by atoms with van der Waals surface area (Å²) in [5, 5.41) is 0. The van der Waals surface area contributed by atoms with E-state index in [0.717, 1.165) is 17.1 Å². The van der Waals surface area contributed by atoms with Gasteiger partial charge in [0.2, 0.25) is 0 Å². The van der Waals surface area contributed by atoms with Crippen LogP contribution < -0.4 is 10.5 Å². The molecule has 2 heterocycles. The van der Waals surface area contributed by atoms with Crippen molar-refractivity contribution in [3.05, 3.63) is 36.2 Å². The van der Waals surface area contributed by atoms with Crippen molar-refractivity contribution in [2.45, 2.75) is 6.54 Å². The van der Waals surface area contributed by atoms with Crippen LogP contribution in [0.2, 0.25) is 0 Å². The van der Waals surface area contributed by atoms with Crippen LogP contribution >= 0.6 is 0 Å². The molecule has 86 valence electrons. The first-order valence-electron chi connectivity index (χ1n) is 5.35. The average Bonchev–Trinajstić information content (AvgIpc) is 2.67. The zero-order chi connectivity index (χ0) is 11.8. The summed E-state index contributed by atoms with van der Waals surface area (Å²) in [6, 6.07) is 7.64. The lowest BCUT2D eigenvalue weighted by Gasteiger charge is -2.04. The van der Waals surface area contributed by atoms with Gasteiger partial charge in [-0.1, -0.05) is 12.1 Å². The van der Waals surface area contributed by atoms with E-state index in [1.54, 1.807) is 6.20 Å². The Morgan fingerprint density at radius 1 is 1.41 bits per heavy atom. The molecule has 2 aromatic rings. The third-order valence-electron chi connectivity index (χ3n) is 2.75. The van der Waals surface area contributed by atoms with Crippen molar-refractivity contribution in [3.8, 4) is 17.1 Å². The molecule has 0 unspecified atom stereocenters. The van der Waals surface area contributed by atoms with Gasteiger partial charge in [-0.25, -0.2) is 4.98 Å². The van der Waals surface area contributed by atoms with E-state index in [2.05, 4.69) is 4.98 Å². The fourth-order valence-electron chi connectivity index (χ4n) is 1.95. The van der Waals surface area contributed by atoms with Crippen molar-refractivity contribution in [1.82, 2.24) is 9.55 Å². The number of carbonyl (C=O) groups excluding carboxylic acids is 1. The second-order valence-electron chi connectivity index (χ2n) is 3.85. The Kier molecular flexibility index (Phi) is 2.11. The number of benzene rings is 1. The zero-order valence-corrected chi connectivity index (χ0v) is 9.09. The van der Waals surface area contributed by atoms with Crippen molar-refractivity contribution in [1.29, 1.82) is 0 Å². The second-order valence-corrected chi connectivity index (χ2v) is 3.85. The first kappa shape index (κ1) is 9.89. The van der Waals surface area contributed by atoms with E-state index in [0.29, 0.717) is 13.2 Å². The molecule has 1 aliphatic heterocycles. The van der Waals surface area contributed by atoms with Gasteiger partial charge in [-0.3, -0.25) is 4.79 Å². The lowest BCUT2D eigenvalue weighted by Crippen LogP contribution is -2.11. The number of nitrogens with zero attached hydrogens (tertiary/aromatic N) is 2. The lowest BCUT2D eigenvalue weighted by atomic mass is 10.2. The number of imidazole rings is 1. The van der Waals surface area contributed by atoms with E-state index in [-0.39, 0.29) is 5.69 Å². The fourth-order valence-corrected chi connectivity index (χ4v) is 1.95. The van der Waals surface area contributed by atoms with Crippen LogP contribution in [0.4, 0.5) is 0 Å². The maximum absolute atomic E-state index is 11.1.